The molecule has 0 aromatic carbocycles. The zero-order valence-electron chi connectivity index (χ0n) is 25.2. The summed E-state index contributed by atoms with van der Waals surface area (Å²) >= 11 is 1.06. The molecule has 0 fully saturated rings. The van der Waals surface area contributed by atoms with Crippen molar-refractivity contribution in [1.29, 1.82) is 0 Å². The van der Waals surface area contributed by atoms with Crippen LogP contribution in [0.1, 0.15) is 80.0 Å². The summed E-state index contributed by atoms with van der Waals surface area (Å²) < 4.78 is 17.6. The molecule has 2 amide bonds. The van der Waals surface area contributed by atoms with Crippen molar-refractivity contribution >= 4 is 41.0 Å². The Morgan fingerprint density at radius 2 is 1.44 bits per heavy atom. The molecule has 1 aromatic heterocycles. The summed E-state index contributed by atoms with van der Waals surface area (Å²) in [5.74, 6) is -0.547. The molecule has 0 saturated carbocycles. The van der Waals surface area contributed by atoms with Crippen LogP contribution < -0.4 is 11.2 Å². The highest BCUT2D eigenvalue weighted by molar-refractivity contribution is 8.13. The number of ether oxygens (including phenoxy) is 3. The molecular formula is C26H39N5O9S. The lowest BCUT2D eigenvalue weighted by Gasteiger charge is -2.29. The van der Waals surface area contributed by atoms with Gasteiger partial charge in [0, 0.05) is 13.2 Å². The Morgan fingerprint density at radius 3 is 1.88 bits per heavy atom. The minimum absolute atomic E-state index is 0.0341. The molecule has 1 aliphatic heterocycles. The number of carbonyl (C=O) groups excluding carboxylic acids is 3. The Hall–Kier alpha value is -3.46. The van der Waals surface area contributed by atoms with Crippen LogP contribution in [0.15, 0.2) is 19.6 Å². The fourth-order valence-corrected chi connectivity index (χ4v) is 3.84. The van der Waals surface area contributed by atoms with E-state index in [4.69, 9.17) is 14.2 Å². The molecule has 14 nitrogen and oxygen atoms in total. The normalized spacial score (nSPS) is 13.8. The van der Waals surface area contributed by atoms with Crippen molar-refractivity contribution in [3.05, 3.63) is 32.1 Å². The zero-order chi connectivity index (χ0) is 31.5. The van der Waals surface area contributed by atoms with Crippen molar-refractivity contribution in [2.24, 2.45) is 9.98 Å². The number of hydrogen-bond donors (Lipinski definition) is 1. The smallest absolute Gasteiger partial charge is 0.425 e. The molecule has 41 heavy (non-hydrogen) atoms. The molecule has 228 valence electrons. The first-order valence-electron chi connectivity index (χ1n) is 12.9. The zero-order valence-corrected chi connectivity index (χ0v) is 26.0. The first-order chi connectivity index (χ1) is 18.7. The van der Waals surface area contributed by atoms with Gasteiger partial charge in [-0.25, -0.2) is 24.2 Å². The third-order valence-corrected chi connectivity index (χ3v) is 5.49. The van der Waals surface area contributed by atoms with Gasteiger partial charge in [-0.2, -0.15) is 9.47 Å². The van der Waals surface area contributed by atoms with Crippen LogP contribution in [0, 0.1) is 0 Å². The highest BCUT2D eigenvalue weighted by Gasteiger charge is 2.40. The topological polar surface area (TPSA) is 171 Å². The molecule has 1 aliphatic rings. The molecule has 0 unspecified atom stereocenters. The van der Waals surface area contributed by atoms with E-state index in [1.54, 1.807) is 68.6 Å². The summed E-state index contributed by atoms with van der Waals surface area (Å²) in [5.41, 5.74) is -5.91. The molecule has 0 spiro atoms. The van der Waals surface area contributed by atoms with E-state index in [1.165, 1.54) is 0 Å². The standard InChI is InChI=1S/C26H39N5O9S/c1-24(2,3)38-21(35)30(22(36)39-25(4,5)6)17-16-15(14-27-19(28-17)41-10)29(12-11-13-32)20(34)31(18(16)33)23(37)40-26(7,8)9/h32H,11-14H2,1-10H3. The van der Waals surface area contributed by atoms with Crippen LogP contribution in [-0.2, 0) is 27.3 Å². The number of aliphatic imine (C=N–C) groups is 2. The van der Waals surface area contributed by atoms with Crippen molar-refractivity contribution < 1.29 is 33.7 Å². The molecule has 1 N–H and O–H groups in total. The fourth-order valence-electron chi connectivity index (χ4n) is 3.47. The van der Waals surface area contributed by atoms with E-state index >= 15 is 0 Å². The number of amides is 2. The number of thioether (sulfide) groups is 1. The molecule has 2 rings (SSSR count). The molecule has 0 bridgehead atoms. The van der Waals surface area contributed by atoms with Crippen molar-refractivity contribution in [3.63, 3.8) is 0 Å². The van der Waals surface area contributed by atoms with E-state index in [2.05, 4.69) is 9.98 Å². The summed E-state index contributed by atoms with van der Waals surface area (Å²) in [4.78, 5) is 76.9. The first-order valence-corrected chi connectivity index (χ1v) is 14.1. The van der Waals surface area contributed by atoms with E-state index in [0.717, 1.165) is 16.3 Å². The van der Waals surface area contributed by atoms with Gasteiger partial charge < -0.3 is 19.3 Å². The number of amidine groups is 2. The van der Waals surface area contributed by atoms with Crippen molar-refractivity contribution in [1.82, 2.24) is 14.0 Å². The summed E-state index contributed by atoms with van der Waals surface area (Å²) in [6, 6.07) is 0. The number of hydrogen-bond acceptors (Lipinski definition) is 12. The van der Waals surface area contributed by atoms with Gasteiger partial charge in [0.15, 0.2) is 11.0 Å². The SMILES string of the molecule is CSC1=NCc2c(c(=O)n(C(=O)OC(C)(C)C)c(=O)n2CCCO)C(N(C(=O)OC(C)(C)C)C(=O)OC(C)(C)C)=N1. The van der Waals surface area contributed by atoms with Crippen LogP contribution >= 0.6 is 11.8 Å². The minimum atomic E-state index is -1.27. The van der Waals surface area contributed by atoms with E-state index in [0.29, 0.717) is 4.90 Å². The Morgan fingerprint density at radius 1 is 0.927 bits per heavy atom. The number of aliphatic hydroxyl groups excluding tert-OH is 1. The lowest BCUT2D eigenvalue weighted by atomic mass is 10.1. The number of aliphatic hydroxyl groups is 1. The van der Waals surface area contributed by atoms with Crippen LogP contribution in [-0.4, -0.2) is 78.1 Å². The summed E-state index contributed by atoms with van der Waals surface area (Å²) in [7, 11) is 0. The molecule has 0 saturated heterocycles. The highest BCUT2D eigenvalue weighted by atomic mass is 32.2. The second-order valence-corrected chi connectivity index (χ2v) is 12.8. The number of carbonyl (C=O) groups is 3. The van der Waals surface area contributed by atoms with Gasteiger partial charge in [0.1, 0.15) is 22.4 Å². The lowest BCUT2D eigenvalue weighted by molar-refractivity contribution is 0.0148. The molecular weight excluding hydrogens is 558 g/mol. The van der Waals surface area contributed by atoms with E-state index in [-0.39, 0.29) is 41.5 Å². The Bertz CT molecular complexity index is 1340. The summed E-state index contributed by atoms with van der Waals surface area (Å²) in [6.07, 6.45) is -1.99. The van der Waals surface area contributed by atoms with Gasteiger partial charge in [0.25, 0.3) is 5.56 Å². The number of fused-ring (bicyclic) bond motifs is 1. The summed E-state index contributed by atoms with van der Waals surface area (Å²) in [5, 5.41) is 9.55. The third-order valence-electron chi connectivity index (χ3n) is 4.91. The minimum Gasteiger partial charge on any atom is -0.443 e. The molecule has 0 atom stereocenters. The molecule has 15 heteroatoms. The van der Waals surface area contributed by atoms with Gasteiger partial charge in [-0.3, -0.25) is 14.4 Å². The first kappa shape index (κ1) is 33.7. The average Bonchev–Trinajstić information content (AvgIpc) is 2.95. The Balaban J connectivity index is 3.06. The van der Waals surface area contributed by atoms with Gasteiger partial charge in [0.2, 0.25) is 0 Å². The number of aromatic nitrogens is 2. The average molecular weight is 598 g/mol. The predicted molar refractivity (Wildman–Crippen MR) is 154 cm³/mol. The third kappa shape index (κ3) is 8.76. The van der Waals surface area contributed by atoms with Crippen LogP contribution in [0.5, 0.6) is 0 Å². The lowest BCUT2D eigenvalue weighted by Crippen LogP contribution is -2.53. The maximum Gasteiger partial charge on any atom is 0.425 e. The molecule has 0 radical (unpaired) electrons. The summed E-state index contributed by atoms with van der Waals surface area (Å²) in [6.45, 7) is 13.5. The van der Waals surface area contributed by atoms with Gasteiger partial charge in [-0.15, -0.1) is 0 Å². The number of rotatable bonds is 3. The number of imide groups is 1. The molecule has 0 aliphatic carbocycles. The van der Waals surface area contributed by atoms with Crippen LogP contribution in [0.3, 0.4) is 0 Å². The maximum atomic E-state index is 14.0. The molecule has 1 aromatic rings. The van der Waals surface area contributed by atoms with Crippen molar-refractivity contribution in [3.8, 4) is 0 Å². The van der Waals surface area contributed by atoms with E-state index in [1.807, 2.05) is 0 Å². The molecule has 2 heterocycles. The quantitative estimate of drug-likeness (QED) is 0.510. The highest BCUT2D eigenvalue weighted by Crippen LogP contribution is 2.22. The second kappa shape index (κ2) is 12.6. The monoisotopic (exact) mass is 597 g/mol. The largest absolute Gasteiger partial charge is 0.443 e. The van der Waals surface area contributed by atoms with Crippen LogP contribution in [0.4, 0.5) is 14.4 Å². The Kier molecular flexibility index (Phi) is 10.4. The predicted octanol–water partition coefficient (Wildman–Crippen LogP) is 3.33. The fraction of sp³-hybridized carbons (Fsp3) is 0.654. The Labute approximate surface area is 242 Å². The second-order valence-electron chi connectivity index (χ2n) is 12.0. The van der Waals surface area contributed by atoms with Crippen molar-refractivity contribution in [2.75, 3.05) is 12.9 Å². The van der Waals surface area contributed by atoms with E-state index < -0.39 is 57.7 Å². The number of nitrogens with zero attached hydrogens (tertiary/aromatic N) is 5. The van der Waals surface area contributed by atoms with Crippen LogP contribution in [0.2, 0.25) is 0 Å². The van der Waals surface area contributed by atoms with Gasteiger partial charge >= 0.3 is 24.0 Å². The van der Waals surface area contributed by atoms with Gasteiger partial charge in [-0.05, 0) is 75.0 Å². The van der Waals surface area contributed by atoms with Gasteiger partial charge in [-0.1, -0.05) is 11.8 Å². The van der Waals surface area contributed by atoms with Gasteiger partial charge in [0.05, 0.1) is 12.2 Å². The van der Waals surface area contributed by atoms with Crippen LogP contribution in [0.25, 0.3) is 0 Å². The van der Waals surface area contributed by atoms with Crippen molar-refractivity contribution in [2.45, 2.75) is 98.6 Å². The maximum absolute atomic E-state index is 14.0. The van der Waals surface area contributed by atoms with E-state index in [9.17, 15) is 29.1 Å².